The number of thioether (sulfide) groups is 1. The van der Waals surface area contributed by atoms with Crippen LogP contribution in [0.3, 0.4) is 0 Å². The number of rotatable bonds is 21. The van der Waals surface area contributed by atoms with Gasteiger partial charge in [0.15, 0.2) is 17.7 Å². The summed E-state index contributed by atoms with van der Waals surface area (Å²) in [6.45, 7) is -0.0922. The Kier molecular flexibility index (Phi) is 16.0. The molecule has 0 saturated carbocycles. The van der Waals surface area contributed by atoms with E-state index in [1.807, 2.05) is 0 Å². The number of carbonyl (C=O) groups is 4. The van der Waals surface area contributed by atoms with Gasteiger partial charge in [-0.15, -0.1) is 0 Å². The summed E-state index contributed by atoms with van der Waals surface area (Å²) >= 11 is 0.476. The molecule has 1 fully saturated rings. The van der Waals surface area contributed by atoms with Gasteiger partial charge in [0.2, 0.25) is 23.0 Å². The smallest absolute Gasteiger partial charge is 0.479 e. The van der Waals surface area contributed by atoms with Crippen molar-refractivity contribution in [2.45, 2.75) is 57.0 Å². The molecular weight excluding hydrogens is 831 g/mol. The third-order valence-electron chi connectivity index (χ3n) is 7.20. The SMILES string of the molecule is CC(C)(COP(=O)(O)OP(=O)(O)OC[C@H]1O[C@@H](n2cnc3c(N)ncnc32)[C@H](O)[C@@H]1OP(=O)(O)O)C(O)C(=O)NCCC(=O)NCCSC(=O)C(O)C(=O)O. The molecule has 2 amide bonds. The minimum Gasteiger partial charge on any atom is -0.479 e. The van der Waals surface area contributed by atoms with E-state index >= 15 is 0 Å². The van der Waals surface area contributed by atoms with Crippen LogP contribution >= 0.6 is 35.2 Å². The van der Waals surface area contributed by atoms with Crippen molar-refractivity contribution in [3.8, 4) is 0 Å². The Balaban J connectivity index is 1.50. The maximum absolute atomic E-state index is 12.6. The van der Waals surface area contributed by atoms with E-state index in [4.69, 9.17) is 29.7 Å². The molecule has 4 unspecified atom stereocenters. The summed E-state index contributed by atoms with van der Waals surface area (Å²) in [5.41, 5.74) is 4.15. The summed E-state index contributed by atoms with van der Waals surface area (Å²) in [6, 6.07) is 0. The number of nitrogen functional groups attached to an aromatic ring is 1. The fraction of sp³-hybridized carbons (Fsp3) is 0.625. The lowest BCUT2D eigenvalue weighted by Gasteiger charge is -2.30. The van der Waals surface area contributed by atoms with Gasteiger partial charge in [0.25, 0.3) is 0 Å². The Morgan fingerprint density at radius 3 is 2.33 bits per heavy atom. The van der Waals surface area contributed by atoms with Crippen LogP contribution in [0.1, 0.15) is 26.5 Å². The normalized spacial score (nSPS) is 22.3. The lowest BCUT2D eigenvalue weighted by atomic mass is 9.87. The average molecular weight is 870 g/mol. The molecule has 0 spiro atoms. The zero-order valence-corrected chi connectivity index (χ0v) is 32.0. The predicted octanol–water partition coefficient (Wildman–Crippen LogP) is -2.89. The van der Waals surface area contributed by atoms with Gasteiger partial charge in [0, 0.05) is 30.7 Å². The molecule has 2 aromatic rings. The van der Waals surface area contributed by atoms with Crippen LogP contribution < -0.4 is 16.4 Å². The van der Waals surface area contributed by atoms with Crippen molar-refractivity contribution in [1.29, 1.82) is 0 Å². The van der Waals surface area contributed by atoms with Crippen LogP contribution in [0.25, 0.3) is 11.2 Å². The van der Waals surface area contributed by atoms with Gasteiger partial charge in [-0.2, -0.15) is 4.31 Å². The minimum atomic E-state index is -5.60. The molecule has 1 aliphatic rings. The molecule has 1 aliphatic heterocycles. The lowest BCUT2D eigenvalue weighted by Crippen LogP contribution is -2.46. The zero-order chi connectivity index (χ0) is 41.5. The van der Waals surface area contributed by atoms with Crippen molar-refractivity contribution in [2.75, 3.05) is 37.8 Å². The molecule has 2 aromatic heterocycles. The monoisotopic (exact) mass is 869 g/mol. The number of hydrogen-bond donors (Lipinski definition) is 11. The Morgan fingerprint density at radius 2 is 1.69 bits per heavy atom. The number of aliphatic hydroxyl groups excluding tert-OH is 3. The van der Waals surface area contributed by atoms with Gasteiger partial charge >= 0.3 is 29.4 Å². The third-order valence-corrected chi connectivity index (χ3v) is 11.2. The molecule has 12 N–H and O–H groups in total. The van der Waals surface area contributed by atoms with E-state index < -0.39 is 102 Å². The van der Waals surface area contributed by atoms with Crippen molar-refractivity contribution in [1.82, 2.24) is 30.2 Å². The number of phosphoric ester groups is 3. The number of imidazole rings is 1. The van der Waals surface area contributed by atoms with Gasteiger partial charge < -0.3 is 61.1 Å². The van der Waals surface area contributed by atoms with Crippen molar-refractivity contribution in [3.05, 3.63) is 12.7 Å². The Morgan fingerprint density at radius 1 is 1.04 bits per heavy atom. The molecule has 31 heteroatoms. The highest BCUT2D eigenvalue weighted by Crippen LogP contribution is 2.61. The van der Waals surface area contributed by atoms with Crippen LogP contribution in [0.5, 0.6) is 0 Å². The summed E-state index contributed by atoms with van der Waals surface area (Å²) in [5.74, 6) is -3.50. The first-order chi connectivity index (χ1) is 25.3. The maximum atomic E-state index is 12.6. The van der Waals surface area contributed by atoms with Crippen molar-refractivity contribution < 1.29 is 95.5 Å². The number of nitrogens with two attached hydrogens (primary N) is 1. The third kappa shape index (κ3) is 13.6. The number of ether oxygens (including phenoxy) is 1. The number of carbonyl (C=O) groups excluding carboxylic acids is 3. The highest BCUT2D eigenvalue weighted by atomic mass is 32.2. The topological polar surface area (TPSA) is 421 Å². The molecule has 0 bridgehead atoms. The molecular formula is C24H38N7O20P3S. The number of amides is 2. The molecule has 27 nitrogen and oxygen atoms in total. The first-order valence-electron chi connectivity index (χ1n) is 15.3. The van der Waals surface area contributed by atoms with Crippen LogP contribution in [-0.2, 0) is 55.5 Å². The molecule has 0 aliphatic carbocycles. The molecule has 310 valence electrons. The highest BCUT2D eigenvalue weighted by molar-refractivity contribution is 8.13. The summed E-state index contributed by atoms with van der Waals surface area (Å²) in [7, 11) is -16.5. The van der Waals surface area contributed by atoms with Crippen LogP contribution in [-0.4, -0.2) is 145 Å². The van der Waals surface area contributed by atoms with Crippen molar-refractivity contribution in [2.24, 2.45) is 5.41 Å². The van der Waals surface area contributed by atoms with Gasteiger partial charge in [-0.05, 0) is 0 Å². The Labute approximate surface area is 313 Å². The number of aliphatic carboxylic acids is 1. The number of nitrogens with one attached hydrogen (secondary N) is 2. The lowest BCUT2D eigenvalue weighted by molar-refractivity contribution is -0.149. The molecule has 8 atom stereocenters. The Bertz CT molecular complexity index is 1860. The number of fused-ring (bicyclic) bond motifs is 1. The number of carboxylic acid groups (broad SMARTS) is 1. The number of aliphatic hydroxyl groups is 3. The van der Waals surface area contributed by atoms with E-state index in [9.17, 15) is 62.7 Å². The fourth-order valence-corrected chi connectivity index (χ4v) is 7.95. The Hall–Kier alpha value is -3.01. The number of carboxylic acids is 1. The van der Waals surface area contributed by atoms with Crippen molar-refractivity contribution in [3.63, 3.8) is 0 Å². The first kappa shape index (κ1) is 46.4. The average Bonchev–Trinajstić information content (AvgIpc) is 3.64. The molecule has 3 heterocycles. The fourth-order valence-electron chi connectivity index (χ4n) is 4.46. The van der Waals surface area contributed by atoms with Gasteiger partial charge in [0.1, 0.15) is 36.3 Å². The van der Waals surface area contributed by atoms with Crippen molar-refractivity contribution >= 4 is 75.1 Å². The molecule has 1 saturated heterocycles. The minimum absolute atomic E-state index is 0.0124. The summed E-state index contributed by atoms with van der Waals surface area (Å²) < 4.78 is 61.8. The second kappa shape index (κ2) is 19.0. The number of nitrogens with zero attached hydrogens (tertiary/aromatic N) is 4. The molecule has 0 radical (unpaired) electrons. The van der Waals surface area contributed by atoms with E-state index in [1.165, 1.54) is 13.8 Å². The van der Waals surface area contributed by atoms with Crippen LogP contribution in [0.4, 0.5) is 5.82 Å². The largest absolute Gasteiger partial charge is 0.481 e. The molecule has 3 rings (SSSR count). The number of anilines is 1. The maximum Gasteiger partial charge on any atom is 0.481 e. The predicted molar refractivity (Wildman–Crippen MR) is 181 cm³/mol. The highest BCUT2D eigenvalue weighted by Gasteiger charge is 2.50. The first-order valence-corrected chi connectivity index (χ1v) is 20.8. The second-order valence-corrected chi connectivity index (χ2v) is 17.3. The van der Waals surface area contributed by atoms with Gasteiger partial charge in [0.05, 0.1) is 19.5 Å². The van der Waals surface area contributed by atoms with Crippen LogP contribution in [0.2, 0.25) is 0 Å². The van der Waals surface area contributed by atoms with E-state index in [-0.39, 0.29) is 42.2 Å². The quantitative estimate of drug-likeness (QED) is 0.0341. The van der Waals surface area contributed by atoms with E-state index in [0.717, 1.165) is 17.2 Å². The second-order valence-electron chi connectivity index (χ2n) is 12.0. The summed E-state index contributed by atoms with van der Waals surface area (Å²) in [4.78, 5) is 97.2. The zero-order valence-electron chi connectivity index (χ0n) is 28.5. The summed E-state index contributed by atoms with van der Waals surface area (Å²) in [6.07, 6.45) is -9.45. The van der Waals surface area contributed by atoms with E-state index in [0.29, 0.717) is 11.8 Å². The molecule has 55 heavy (non-hydrogen) atoms. The van der Waals surface area contributed by atoms with E-state index in [2.05, 4.69) is 34.4 Å². The molecule has 0 aromatic carbocycles. The van der Waals surface area contributed by atoms with Crippen LogP contribution in [0.15, 0.2) is 12.7 Å². The number of phosphoric acid groups is 3. The van der Waals surface area contributed by atoms with E-state index in [1.54, 1.807) is 0 Å². The van der Waals surface area contributed by atoms with Gasteiger partial charge in [-0.1, -0.05) is 25.6 Å². The number of aromatic nitrogens is 4. The summed E-state index contributed by atoms with van der Waals surface area (Å²) in [5, 5.41) is 42.6. The van der Waals surface area contributed by atoms with Crippen LogP contribution in [0, 0.1) is 5.41 Å². The van der Waals surface area contributed by atoms with Gasteiger partial charge in [-0.25, -0.2) is 33.4 Å². The standard InChI is InChI=1S/C24H38N7O20P3S/c1-24(2,17(35)20(36)27-4-3-12(32)26-5-6-55-23(39)15(34)22(37)38)8-48-54(45,46)51-53(43,44)47-7-11-16(50-52(40,41)42)14(33)21(49-11)31-10-30-13-18(25)28-9-29-19(13)31/h9-11,14-17,21,33-35H,3-8H2,1-2H3,(H,26,32)(H,27,36)(H,37,38)(H,43,44)(H,45,46)(H2,25,28,29)(H2,40,41,42)/t11-,14-,15?,16-,17?,21-/m1/s1. The number of hydrogen-bond acceptors (Lipinski definition) is 20. The van der Waals surface area contributed by atoms with Gasteiger partial charge in [-0.3, -0.25) is 32.5 Å².